The number of aliphatic hydroxyl groups is 1. The number of nitrogens with two attached hydrogens (primary N) is 1. The lowest BCUT2D eigenvalue weighted by Gasteiger charge is -2.27. The molecule has 0 spiro atoms. The van der Waals surface area contributed by atoms with Crippen LogP contribution in [0.1, 0.15) is 45.4 Å². The van der Waals surface area contributed by atoms with Gasteiger partial charge in [0, 0.05) is 18.5 Å². The van der Waals surface area contributed by atoms with Crippen LogP contribution in [0.2, 0.25) is 0 Å². The Morgan fingerprint density at radius 1 is 1.60 bits per heavy atom. The highest BCUT2D eigenvalue weighted by Gasteiger charge is 2.21. The first kappa shape index (κ1) is 12.5. The van der Waals surface area contributed by atoms with Gasteiger partial charge in [0.25, 0.3) is 0 Å². The molecular weight excluding hydrogens is 192 g/mol. The standard InChI is InChI=1S/C11H22N2O2/c1-2-8(12)6-11(15)13-9-4-3-5-10(14)7-9/h8-10,14H,2-7,12H2,1H3,(H,13,15). The van der Waals surface area contributed by atoms with E-state index in [0.29, 0.717) is 12.8 Å². The maximum absolute atomic E-state index is 11.5. The molecule has 0 aromatic carbocycles. The van der Waals surface area contributed by atoms with E-state index < -0.39 is 0 Å². The van der Waals surface area contributed by atoms with Gasteiger partial charge in [0.15, 0.2) is 0 Å². The predicted molar refractivity (Wildman–Crippen MR) is 59.3 cm³/mol. The minimum absolute atomic E-state index is 0.0171. The molecule has 15 heavy (non-hydrogen) atoms. The van der Waals surface area contributed by atoms with E-state index in [1.54, 1.807) is 0 Å². The van der Waals surface area contributed by atoms with Crippen molar-refractivity contribution in [3.05, 3.63) is 0 Å². The summed E-state index contributed by atoms with van der Waals surface area (Å²) in [5, 5.41) is 12.4. The van der Waals surface area contributed by atoms with Crippen LogP contribution in [0.25, 0.3) is 0 Å². The van der Waals surface area contributed by atoms with Gasteiger partial charge in [-0.05, 0) is 32.1 Å². The summed E-state index contributed by atoms with van der Waals surface area (Å²) in [7, 11) is 0. The Morgan fingerprint density at radius 3 is 2.93 bits per heavy atom. The summed E-state index contributed by atoms with van der Waals surface area (Å²) >= 11 is 0. The Morgan fingerprint density at radius 2 is 2.33 bits per heavy atom. The fraction of sp³-hybridized carbons (Fsp3) is 0.909. The van der Waals surface area contributed by atoms with Crippen LogP contribution in [0.5, 0.6) is 0 Å². The smallest absolute Gasteiger partial charge is 0.221 e. The summed E-state index contributed by atoms with van der Waals surface area (Å²) in [5.74, 6) is 0.0171. The highest BCUT2D eigenvalue weighted by Crippen LogP contribution is 2.18. The molecule has 3 unspecified atom stereocenters. The number of amides is 1. The number of carbonyl (C=O) groups is 1. The third kappa shape index (κ3) is 4.62. The molecule has 4 nitrogen and oxygen atoms in total. The minimum atomic E-state index is -0.246. The van der Waals surface area contributed by atoms with Crippen LogP contribution >= 0.6 is 0 Å². The highest BCUT2D eigenvalue weighted by atomic mass is 16.3. The van der Waals surface area contributed by atoms with Crippen molar-refractivity contribution in [3.63, 3.8) is 0 Å². The van der Waals surface area contributed by atoms with E-state index in [9.17, 15) is 9.90 Å². The second-order valence-corrected chi connectivity index (χ2v) is 4.46. The van der Waals surface area contributed by atoms with E-state index in [1.807, 2.05) is 6.92 Å². The largest absolute Gasteiger partial charge is 0.393 e. The summed E-state index contributed by atoms with van der Waals surface area (Å²) in [6.07, 6.45) is 4.48. The highest BCUT2D eigenvalue weighted by molar-refractivity contribution is 5.76. The van der Waals surface area contributed by atoms with E-state index in [4.69, 9.17) is 5.73 Å². The zero-order chi connectivity index (χ0) is 11.3. The van der Waals surface area contributed by atoms with Crippen molar-refractivity contribution in [1.29, 1.82) is 0 Å². The second-order valence-electron chi connectivity index (χ2n) is 4.46. The predicted octanol–water partition coefficient (Wildman–Crippen LogP) is 0.533. The fourth-order valence-electron chi connectivity index (χ4n) is 1.96. The molecule has 0 bridgehead atoms. The molecule has 88 valence electrons. The quantitative estimate of drug-likeness (QED) is 0.639. The third-order valence-corrected chi connectivity index (χ3v) is 2.98. The van der Waals surface area contributed by atoms with Crippen molar-refractivity contribution >= 4 is 5.91 Å². The first-order valence-electron chi connectivity index (χ1n) is 5.84. The molecule has 4 heteroatoms. The topological polar surface area (TPSA) is 75.4 Å². The molecule has 0 aliphatic heterocycles. The molecule has 1 aliphatic carbocycles. The van der Waals surface area contributed by atoms with Crippen molar-refractivity contribution in [2.75, 3.05) is 0 Å². The van der Waals surface area contributed by atoms with Gasteiger partial charge in [-0.3, -0.25) is 4.79 Å². The first-order chi connectivity index (χ1) is 7.11. The lowest BCUT2D eigenvalue weighted by molar-refractivity contribution is -0.122. The molecule has 0 saturated heterocycles. The number of aliphatic hydroxyl groups excluding tert-OH is 1. The van der Waals surface area contributed by atoms with Gasteiger partial charge in [0.2, 0.25) is 5.91 Å². The average Bonchev–Trinajstić information content (AvgIpc) is 2.17. The summed E-state index contributed by atoms with van der Waals surface area (Å²) in [4.78, 5) is 11.5. The van der Waals surface area contributed by atoms with Gasteiger partial charge in [-0.15, -0.1) is 0 Å². The van der Waals surface area contributed by atoms with Crippen LogP contribution in [0.3, 0.4) is 0 Å². The van der Waals surface area contributed by atoms with Gasteiger partial charge in [-0.2, -0.15) is 0 Å². The van der Waals surface area contributed by atoms with E-state index in [0.717, 1.165) is 25.7 Å². The van der Waals surface area contributed by atoms with Crippen LogP contribution in [0.15, 0.2) is 0 Å². The molecule has 1 fully saturated rings. The van der Waals surface area contributed by atoms with Crippen molar-refractivity contribution < 1.29 is 9.90 Å². The molecule has 0 aromatic heterocycles. The third-order valence-electron chi connectivity index (χ3n) is 2.98. The number of rotatable bonds is 4. The Bertz CT molecular complexity index is 209. The van der Waals surface area contributed by atoms with Crippen LogP contribution < -0.4 is 11.1 Å². The molecular formula is C11H22N2O2. The van der Waals surface area contributed by atoms with Gasteiger partial charge in [0.1, 0.15) is 0 Å². The molecule has 0 aromatic rings. The first-order valence-corrected chi connectivity index (χ1v) is 5.84. The Hall–Kier alpha value is -0.610. The molecule has 0 heterocycles. The van der Waals surface area contributed by atoms with Gasteiger partial charge < -0.3 is 16.2 Å². The Labute approximate surface area is 91.2 Å². The minimum Gasteiger partial charge on any atom is -0.393 e. The normalized spacial score (nSPS) is 28.5. The van der Waals surface area contributed by atoms with Crippen molar-refractivity contribution in [1.82, 2.24) is 5.32 Å². The molecule has 1 rings (SSSR count). The van der Waals surface area contributed by atoms with E-state index >= 15 is 0 Å². The number of nitrogens with one attached hydrogen (secondary N) is 1. The summed E-state index contributed by atoms with van der Waals surface area (Å²) in [6.45, 7) is 1.97. The summed E-state index contributed by atoms with van der Waals surface area (Å²) in [6, 6.07) is 0.101. The SMILES string of the molecule is CCC(N)CC(=O)NC1CCCC(O)C1. The van der Waals surface area contributed by atoms with Gasteiger partial charge in [0.05, 0.1) is 6.10 Å². The Kier molecular flexibility index (Phi) is 5.05. The zero-order valence-electron chi connectivity index (χ0n) is 9.41. The number of hydrogen-bond acceptors (Lipinski definition) is 3. The van der Waals surface area contributed by atoms with Crippen LogP contribution in [0, 0.1) is 0 Å². The van der Waals surface area contributed by atoms with Crippen molar-refractivity contribution in [3.8, 4) is 0 Å². The molecule has 1 saturated carbocycles. The Balaban J connectivity index is 2.24. The molecule has 1 amide bonds. The van der Waals surface area contributed by atoms with Crippen molar-refractivity contribution in [2.24, 2.45) is 5.73 Å². The van der Waals surface area contributed by atoms with Gasteiger partial charge in [-0.25, -0.2) is 0 Å². The number of hydrogen-bond donors (Lipinski definition) is 3. The molecule has 0 radical (unpaired) electrons. The fourth-order valence-corrected chi connectivity index (χ4v) is 1.96. The molecule has 3 atom stereocenters. The summed E-state index contributed by atoms with van der Waals surface area (Å²) in [5.41, 5.74) is 5.70. The van der Waals surface area contributed by atoms with Crippen LogP contribution in [-0.2, 0) is 4.79 Å². The maximum Gasteiger partial charge on any atom is 0.221 e. The van der Waals surface area contributed by atoms with E-state index in [2.05, 4.69) is 5.32 Å². The molecule has 1 aliphatic rings. The van der Waals surface area contributed by atoms with E-state index in [1.165, 1.54) is 0 Å². The number of carbonyl (C=O) groups excluding carboxylic acids is 1. The van der Waals surface area contributed by atoms with Crippen LogP contribution in [0.4, 0.5) is 0 Å². The van der Waals surface area contributed by atoms with Gasteiger partial charge in [-0.1, -0.05) is 6.92 Å². The lowest BCUT2D eigenvalue weighted by atomic mass is 9.93. The lowest BCUT2D eigenvalue weighted by Crippen LogP contribution is -2.41. The monoisotopic (exact) mass is 214 g/mol. The maximum atomic E-state index is 11.5. The average molecular weight is 214 g/mol. The zero-order valence-corrected chi connectivity index (χ0v) is 9.41. The van der Waals surface area contributed by atoms with Crippen molar-refractivity contribution in [2.45, 2.75) is 63.6 Å². The second kappa shape index (κ2) is 6.08. The summed E-state index contributed by atoms with van der Waals surface area (Å²) < 4.78 is 0. The van der Waals surface area contributed by atoms with Gasteiger partial charge >= 0.3 is 0 Å². The van der Waals surface area contributed by atoms with E-state index in [-0.39, 0.29) is 24.1 Å². The molecule has 4 N–H and O–H groups in total. The van der Waals surface area contributed by atoms with Crippen LogP contribution in [-0.4, -0.2) is 29.2 Å².